The number of hydrogen-bond acceptors (Lipinski definition) is 2. The van der Waals surface area contributed by atoms with Crippen molar-refractivity contribution >= 4 is 11.8 Å². The maximum atomic E-state index is 12.9. The third kappa shape index (κ3) is 2.83. The molecule has 1 N–H and O–H groups in total. The smallest absolute Gasteiger partial charge is 0.248 e. The highest BCUT2D eigenvalue weighted by atomic mass is 32.2. The predicted molar refractivity (Wildman–Crippen MR) is 56.1 cm³/mol. The second-order valence-corrected chi connectivity index (χ2v) is 5.51. The van der Waals surface area contributed by atoms with Crippen molar-refractivity contribution in [1.29, 1.82) is 0 Å². The van der Waals surface area contributed by atoms with E-state index in [1.54, 1.807) is 0 Å². The van der Waals surface area contributed by atoms with Crippen molar-refractivity contribution < 1.29 is 8.78 Å². The first-order chi connectivity index (χ1) is 6.66. The van der Waals surface area contributed by atoms with E-state index in [2.05, 4.69) is 5.32 Å². The summed E-state index contributed by atoms with van der Waals surface area (Å²) in [5, 5.41) is 3.50. The molecular formula is C10H17F2NS. The molecule has 0 amide bonds. The van der Waals surface area contributed by atoms with Gasteiger partial charge in [-0.15, -0.1) is 0 Å². The van der Waals surface area contributed by atoms with Crippen LogP contribution in [0.25, 0.3) is 0 Å². The van der Waals surface area contributed by atoms with E-state index in [0.29, 0.717) is 24.9 Å². The molecule has 0 unspecified atom stereocenters. The first kappa shape index (κ1) is 10.7. The predicted octanol–water partition coefficient (Wildman–Crippen LogP) is 2.66. The Kier molecular flexibility index (Phi) is 3.32. The van der Waals surface area contributed by atoms with Gasteiger partial charge in [0.05, 0.1) is 0 Å². The Morgan fingerprint density at radius 1 is 1.07 bits per heavy atom. The normalized spacial score (nSPS) is 33.4. The fraction of sp³-hybridized carbons (Fsp3) is 1.00. The van der Waals surface area contributed by atoms with Gasteiger partial charge in [-0.05, 0) is 25.0 Å². The van der Waals surface area contributed by atoms with Gasteiger partial charge in [-0.2, -0.15) is 11.8 Å². The molecule has 0 radical (unpaired) electrons. The fourth-order valence-corrected chi connectivity index (χ4v) is 3.37. The molecule has 2 fully saturated rings. The van der Waals surface area contributed by atoms with Gasteiger partial charge < -0.3 is 5.32 Å². The van der Waals surface area contributed by atoms with Crippen molar-refractivity contribution in [1.82, 2.24) is 5.32 Å². The average Bonchev–Trinajstić information content (AvgIpc) is 2.61. The molecule has 2 rings (SSSR count). The van der Waals surface area contributed by atoms with Gasteiger partial charge in [0.25, 0.3) is 0 Å². The van der Waals surface area contributed by atoms with Gasteiger partial charge in [0, 0.05) is 30.7 Å². The third-order valence-electron chi connectivity index (χ3n) is 3.12. The molecule has 0 spiro atoms. The number of hydrogen-bond donors (Lipinski definition) is 1. The van der Waals surface area contributed by atoms with E-state index in [1.165, 1.54) is 12.2 Å². The van der Waals surface area contributed by atoms with E-state index in [9.17, 15) is 8.78 Å². The van der Waals surface area contributed by atoms with Crippen LogP contribution in [0.2, 0.25) is 0 Å². The average molecular weight is 221 g/mol. The van der Waals surface area contributed by atoms with Crippen molar-refractivity contribution in [3.8, 4) is 0 Å². The molecule has 0 aromatic rings. The minimum Gasteiger partial charge on any atom is -0.310 e. The highest BCUT2D eigenvalue weighted by molar-refractivity contribution is 7.99. The van der Waals surface area contributed by atoms with Gasteiger partial charge in [0.1, 0.15) is 0 Å². The quantitative estimate of drug-likeness (QED) is 0.769. The summed E-state index contributed by atoms with van der Waals surface area (Å²) in [7, 11) is 0. The molecule has 1 saturated heterocycles. The van der Waals surface area contributed by atoms with Crippen LogP contribution in [-0.4, -0.2) is 29.5 Å². The van der Waals surface area contributed by atoms with E-state index >= 15 is 0 Å². The van der Waals surface area contributed by atoms with Crippen LogP contribution in [0.5, 0.6) is 0 Å². The van der Waals surface area contributed by atoms with Crippen molar-refractivity contribution in [2.24, 2.45) is 0 Å². The van der Waals surface area contributed by atoms with Gasteiger partial charge in [0.15, 0.2) is 0 Å². The van der Waals surface area contributed by atoms with E-state index < -0.39 is 5.92 Å². The van der Waals surface area contributed by atoms with Gasteiger partial charge in [0.2, 0.25) is 5.92 Å². The molecule has 82 valence electrons. The van der Waals surface area contributed by atoms with Crippen LogP contribution in [-0.2, 0) is 0 Å². The first-order valence-electron chi connectivity index (χ1n) is 5.37. The topological polar surface area (TPSA) is 12.0 Å². The molecule has 1 aliphatic carbocycles. The zero-order valence-corrected chi connectivity index (χ0v) is 9.09. The summed E-state index contributed by atoms with van der Waals surface area (Å²) in [6.07, 6.45) is 2.65. The lowest BCUT2D eigenvalue weighted by molar-refractivity contribution is -0.0410. The Balaban J connectivity index is 1.72. The Labute approximate surface area is 88.0 Å². The third-order valence-corrected chi connectivity index (χ3v) is 4.28. The zero-order valence-electron chi connectivity index (χ0n) is 8.27. The standard InChI is InChI=1S/C10H17F2NS/c11-10(12)4-1-8(2-5-10)13-9-3-6-14-7-9/h8-9,13H,1-7H2/t9-/m0/s1. The van der Waals surface area contributed by atoms with E-state index in [4.69, 9.17) is 0 Å². The molecule has 1 aliphatic heterocycles. The van der Waals surface area contributed by atoms with Crippen molar-refractivity contribution in [3.05, 3.63) is 0 Å². The molecular weight excluding hydrogens is 204 g/mol. The molecule has 4 heteroatoms. The first-order valence-corrected chi connectivity index (χ1v) is 6.53. The molecule has 1 heterocycles. The molecule has 1 atom stereocenters. The minimum absolute atomic E-state index is 0.0739. The van der Waals surface area contributed by atoms with Gasteiger partial charge >= 0.3 is 0 Å². The number of thioether (sulfide) groups is 1. The van der Waals surface area contributed by atoms with Crippen LogP contribution in [0.3, 0.4) is 0 Å². The van der Waals surface area contributed by atoms with Crippen molar-refractivity contribution in [2.45, 2.75) is 50.1 Å². The van der Waals surface area contributed by atoms with Crippen molar-refractivity contribution in [2.75, 3.05) is 11.5 Å². The van der Waals surface area contributed by atoms with Crippen LogP contribution in [0.15, 0.2) is 0 Å². The lowest BCUT2D eigenvalue weighted by Gasteiger charge is -2.30. The van der Waals surface area contributed by atoms with Crippen LogP contribution in [0, 0.1) is 0 Å². The monoisotopic (exact) mass is 221 g/mol. The highest BCUT2D eigenvalue weighted by Crippen LogP contribution is 2.33. The van der Waals surface area contributed by atoms with Crippen LogP contribution >= 0.6 is 11.8 Å². The Hall–Kier alpha value is 0.170. The molecule has 2 aliphatic rings. The zero-order chi connectivity index (χ0) is 10.0. The summed E-state index contributed by atoms with van der Waals surface area (Å²) >= 11 is 1.96. The van der Waals surface area contributed by atoms with E-state index in [0.717, 1.165) is 5.75 Å². The fourth-order valence-electron chi connectivity index (χ4n) is 2.21. The Bertz CT molecular complexity index is 183. The summed E-state index contributed by atoms with van der Waals surface area (Å²) in [5.41, 5.74) is 0. The number of halogens is 2. The number of rotatable bonds is 2. The largest absolute Gasteiger partial charge is 0.310 e. The van der Waals surface area contributed by atoms with Crippen LogP contribution < -0.4 is 5.32 Å². The van der Waals surface area contributed by atoms with E-state index in [-0.39, 0.29) is 12.8 Å². The molecule has 14 heavy (non-hydrogen) atoms. The molecule has 1 nitrogen and oxygen atoms in total. The Morgan fingerprint density at radius 3 is 2.36 bits per heavy atom. The lowest BCUT2D eigenvalue weighted by atomic mass is 9.92. The Morgan fingerprint density at radius 2 is 1.79 bits per heavy atom. The van der Waals surface area contributed by atoms with Gasteiger partial charge in [-0.3, -0.25) is 0 Å². The lowest BCUT2D eigenvalue weighted by Crippen LogP contribution is -2.42. The second-order valence-electron chi connectivity index (χ2n) is 4.36. The maximum Gasteiger partial charge on any atom is 0.248 e. The van der Waals surface area contributed by atoms with Crippen LogP contribution in [0.4, 0.5) is 8.78 Å². The number of alkyl halides is 2. The molecule has 0 bridgehead atoms. The van der Waals surface area contributed by atoms with Crippen molar-refractivity contribution in [3.63, 3.8) is 0 Å². The SMILES string of the molecule is FC1(F)CCC(N[C@H]2CCSC2)CC1. The molecule has 1 saturated carbocycles. The summed E-state index contributed by atoms with van der Waals surface area (Å²) in [6, 6.07) is 0.926. The second kappa shape index (κ2) is 4.35. The summed E-state index contributed by atoms with van der Waals surface area (Å²) < 4.78 is 25.7. The summed E-state index contributed by atoms with van der Waals surface area (Å²) in [5.74, 6) is -0.00392. The summed E-state index contributed by atoms with van der Waals surface area (Å²) in [6.45, 7) is 0. The van der Waals surface area contributed by atoms with Gasteiger partial charge in [-0.1, -0.05) is 0 Å². The maximum absolute atomic E-state index is 12.9. The van der Waals surface area contributed by atoms with Crippen LogP contribution in [0.1, 0.15) is 32.1 Å². The highest BCUT2D eigenvalue weighted by Gasteiger charge is 2.35. The molecule has 0 aromatic carbocycles. The molecule has 0 aromatic heterocycles. The number of nitrogens with one attached hydrogen (secondary N) is 1. The van der Waals surface area contributed by atoms with Gasteiger partial charge in [-0.25, -0.2) is 8.78 Å². The summed E-state index contributed by atoms with van der Waals surface area (Å²) in [4.78, 5) is 0. The van der Waals surface area contributed by atoms with E-state index in [1.807, 2.05) is 11.8 Å². The minimum atomic E-state index is -2.39.